The zero-order chi connectivity index (χ0) is 13.1. The minimum absolute atomic E-state index is 0.316. The summed E-state index contributed by atoms with van der Waals surface area (Å²) in [5, 5.41) is -0.463. The molecule has 0 aliphatic heterocycles. The van der Waals surface area contributed by atoms with Crippen LogP contribution < -0.4 is 0 Å². The summed E-state index contributed by atoms with van der Waals surface area (Å²) in [5.41, 5.74) is 1.32. The summed E-state index contributed by atoms with van der Waals surface area (Å²) >= 11 is 0. The lowest BCUT2D eigenvalue weighted by molar-refractivity contribution is 0.102. The van der Waals surface area contributed by atoms with Crippen LogP contribution >= 0.6 is 0 Å². The van der Waals surface area contributed by atoms with E-state index in [0.29, 0.717) is 12.0 Å². The molecular weight excluding hydrogens is 236 g/mol. The molecule has 0 aliphatic carbocycles. The topological polar surface area (TPSA) is 51.2 Å². The number of ketones is 1. The second kappa shape index (κ2) is 5.45. The van der Waals surface area contributed by atoms with Crippen LogP contribution in [-0.4, -0.2) is 25.2 Å². The van der Waals surface area contributed by atoms with Gasteiger partial charge in [-0.05, 0) is 25.8 Å². The van der Waals surface area contributed by atoms with Crippen LogP contribution in [-0.2, 0) is 9.84 Å². The summed E-state index contributed by atoms with van der Waals surface area (Å²) < 4.78 is 23.7. The molecule has 1 atom stereocenters. The van der Waals surface area contributed by atoms with E-state index < -0.39 is 20.8 Å². The Morgan fingerprint density at radius 2 is 1.88 bits per heavy atom. The molecule has 17 heavy (non-hydrogen) atoms. The first-order valence-electron chi connectivity index (χ1n) is 5.69. The minimum Gasteiger partial charge on any atom is -0.293 e. The number of rotatable bonds is 5. The molecular formula is C13H18O3S. The Hall–Kier alpha value is -1.16. The Morgan fingerprint density at radius 3 is 2.41 bits per heavy atom. The normalized spacial score (nSPS) is 13.4. The van der Waals surface area contributed by atoms with Crippen molar-refractivity contribution in [2.24, 2.45) is 0 Å². The van der Waals surface area contributed by atoms with Crippen LogP contribution in [0.4, 0.5) is 0 Å². The lowest BCUT2D eigenvalue weighted by Gasteiger charge is -2.10. The molecule has 94 valence electrons. The van der Waals surface area contributed by atoms with E-state index in [1.165, 1.54) is 0 Å². The van der Waals surface area contributed by atoms with E-state index in [9.17, 15) is 13.2 Å². The molecule has 1 rings (SSSR count). The number of carbonyl (C=O) groups excluding carboxylic acids is 1. The molecule has 0 aromatic heterocycles. The standard InChI is InChI=1S/C13H18O3S/c1-4-11(3)17(15,16)9-13(14)12-8-6-5-7-10(12)2/h5-8,11H,4,9H2,1-3H3. The maximum absolute atomic E-state index is 11.9. The highest BCUT2D eigenvalue weighted by Crippen LogP contribution is 2.12. The predicted octanol–water partition coefficient (Wildman–Crippen LogP) is 2.39. The van der Waals surface area contributed by atoms with E-state index in [-0.39, 0.29) is 5.78 Å². The largest absolute Gasteiger partial charge is 0.293 e. The molecule has 0 radical (unpaired) electrons. The molecule has 0 bridgehead atoms. The summed E-state index contributed by atoms with van der Waals surface area (Å²) in [7, 11) is -3.32. The van der Waals surface area contributed by atoms with Crippen molar-refractivity contribution in [3.63, 3.8) is 0 Å². The van der Waals surface area contributed by atoms with E-state index in [2.05, 4.69) is 0 Å². The number of benzene rings is 1. The number of sulfone groups is 1. The monoisotopic (exact) mass is 254 g/mol. The highest BCUT2D eigenvalue weighted by Gasteiger charge is 2.24. The third-order valence-corrected chi connectivity index (χ3v) is 5.19. The second-order valence-corrected chi connectivity index (χ2v) is 6.68. The molecule has 3 nitrogen and oxygen atoms in total. The summed E-state index contributed by atoms with van der Waals surface area (Å²) in [6.07, 6.45) is 0.531. The third-order valence-electron chi connectivity index (χ3n) is 2.97. The summed E-state index contributed by atoms with van der Waals surface area (Å²) in [6.45, 7) is 5.25. The van der Waals surface area contributed by atoms with Crippen molar-refractivity contribution in [3.8, 4) is 0 Å². The van der Waals surface area contributed by atoms with Crippen molar-refractivity contribution in [1.29, 1.82) is 0 Å². The first-order valence-corrected chi connectivity index (χ1v) is 7.40. The van der Waals surface area contributed by atoms with Gasteiger partial charge < -0.3 is 0 Å². The van der Waals surface area contributed by atoms with E-state index in [0.717, 1.165) is 5.56 Å². The van der Waals surface area contributed by atoms with Crippen LogP contribution in [0.15, 0.2) is 24.3 Å². The van der Waals surface area contributed by atoms with Crippen molar-refractivity contribution in [2.75, 3.05) is 5.75 Å². The molecule has 0 heterocycles. The van der Waals surface area contributed by atoms with Gasteiger partial charge in [0.15, 0.2) is 15.6 Å². The number of aryl methyl sites for hydroxylation is 1. The number of Topliss-reactive ketones (excluding diaryl/α,β-unsaturated/α-hetero) is 1. The van der Waals surface area contributed by atoms with Crippen molar-refractivity contribution in [1.82, 2.24) is 0 Å². The van der Waals surface area contributed by atoms with Gasteiger partial charge in [0.1, 0.15) is 5.75 Å². The lowest BCUT2D eigenvalue weighted by atomic mass is 10.1. The molecule has 1 aromatic rings. The molecule has 0 fully saturated rings. The van der Waals surface area contributed by atoms with Gasteiger partial charge in [0.05, 0.1) is 5.25 Å². The van der Waals surface area contributed by atoms with Gasteiger partial charge in [-0.3, -0.25) is 4.79 Å². The Balaban J connectivity index is 2.92. The Labute approximate surface area is 103 Å². The van der Waals surface area contributed by atoms with Gasteiger partial charge in [0.2, 0.25) is 0 Å². The molecule has 1 unspecified atom stereocenters. The molecule has 0 amide bonds. The highest BCUT2D eigenvalue weighted by molar-refractivity contribution is 7.92. The smallest absolute Gasteiger partial charge is 0.178 e. The van der Waals surface area contributed by atoms with Crippen molar-refractivity contribution in [3.05, 3.63) is 35.4 Å². The molecule has 0 aliphatic rings. The molecule has 0 saturated heterocycles. The Bertz CT molecular complexity index is 503. The fourth-order valence-electron chi connectivity index (χ4n) is 1.54. The predicted molar refractivity (Wildman–Crippen MR) is 69.0 cm³/mol. The highest BCUT2D eigenvalue weighted by atomic mass is 32.2. The van der Waals surface area contributed by atoms with E-state index in [4.69, 9.17) is 0 Å². The van der Waals surface area contributed by atoms with Gasteiger partial charge in [-0.25, -0.2) is 8.42 Å². The van der Waals surface area contributed by atoms with Crippen LogP contribution in [0.25, 0.3) is 0 Å². The van der Waals surface area contributed by atoms with Gasteiger partial charge in [-0.15, -0.1) is 0 Å². The van der Waals surface area contributed by atoms with Crippen LogP contribution in [0.2, 0.25) is 0 Å². The van der Waals surface area contributed by atoms with Crippen LogP contribution in [0.5, 0.6) is 0 Å². The Kier molecular flexibility index (Phi) is 4.46. The SMILES string of the molecule is CCC(C)S(=O)(=O)CC(=O)c1ccccc1C. The van der Waals surface area contributed by atoms with Crippen LogP contribution in [0.3, 0.4) is 0 Å². The van der Waals surface area contributed by atoms with Crippen molar-refractivity contribution in [2.45, 2.75) is 32.4 Å². The first-order chi connectivity index (χ1) is 7.88. The summed E-state index contributed by atoms with van der Waals surface area (Å²) in [5.74, 6) is -0.712. The van der Waals surface area contributed by atoms with Gasteiger partial charge in [-0.1, -0.05) is 31.2 Å². The second-order valence-electron chi connectivity index (χ2n) is 4.26. The molecule has 4 heteroatoms. The average molecular weight is 254 g/mol. The maximum Gasteiger partial charge on any atom is 0.178 e. The number of carbonyl (C=O) groups is 1. The van der Waals surface area contributed by atoms with Gasteiger partial charge in [-0.2, -0.15) is 0 Å². The summed E-state index contributed by atoms with van der Waals surface area (Å²) in [4.78, 5) is 11.9. The fourth-order valence-corrected chi connectivity index (χ4v) is 2.86. The van der Waals surface area contributed by atoms with E-state index in [1.54, 1.807) is 26.0 Å². The lowest BCUT2D eigenvalue weighted by Crippen LogP contribution is -2.25. The van der Waals surface area contributed by atoms with Crippen molar-refractivity contribution >= 4 is 15.6 Å². The zero-order valence-electron chi connectivity index (χ0n) is 10.4. The first kappa shape index (κ1) is 13.9. The minimum atomic E-state index is -3.32. The van der Waals surface area contributed by atoms with E-state index in [1.807, 2.05) is 19.1 Å². The fraction of sp³-hybridized carbons (Fsp3) is 0.462. The Morgan fingerprint density at radius 1 is 1.29 bits per heavy atom. The number of hydrogen-bond donors (Lipinski definition) is 0. The van der Waals surface area contributed by atoms with Gasteiger partial charge >= 0.3 is 0 Å². The van der Waals surface area contributed by atoms with Crippen molar-refractivity contribution < 1.29 is 13.2 Å². The molecule has 0 saturated carbocycles. The quantitative estimate of drug-likeness (QED) is 0.758. The summed E-state index contributed by atoms with van der Waals surface area (Å²) in [6, 6.07) is 7.05. The maximum atomic E-state index is 11.9. The third kappa shape index (κ3) is 3.40. The zero-order valence-corrected chi connectivity index (χ0v) is 11.3. The van der Waals surface area contributed by atoms with Gasteiger partial charge in [0, 0.05) is 5.56 Å². The molecule has 0 spiro atoms. The van der Waals surface area contributed by atoms with E-state index >= 15 is 0 Å². The van der Waals surface area contributed by atoms with Crippen LogP contribution in [0.1, 0.15) is 36.2 Å². The van der Waals surface area contributed by atoms with Crippen LogP contribution in [0, 0.1) is 6.92 Å². The average Bonchev–Trinajstić information content (AvgIpc) is 2.27. The van der Waals surface area contributed by atoms with Gasteiger partial charge in [0.25, 0.3) is 0 Å². The molecule has 1 aromatic carbocycles. The molecule has 0 N–H and O–H groups in total. The number of hydrogen-bond acceptors (Lipinski definition) is 3.